The largest absolute Gasteiger partial charge is 0.484 e. The van der Waals surface area contributed by atoms with Crippen LogP contribution >= 0.6 is 22.9 Å². The molecule has 144 valence electrons. The third kappa shape index (κ3) is 4.62. The number of ether oxygens (including phenoxy) is 2. The van der Waals surface area contributed by atoms with Crippen LogP contribution in [-0.4, -0.2) is 25.6 Å². The van der Waals surface area contributed by atoms with Gasteiger partial charge in [0, 0.05) is 9.90 Å². The molecule has 1 aliphatic rings. The van der Waals surface area contributed by atoms with Crippen molar-refractivity contribution in [2.45, 2.75) is 32.6 Å². The Labute approximate surface area is 167 Å². The lowest BCUT2D eigenvalue weighted by Gasteiger charge is -2.20. The number of benzene rings is 1. The summed E-state index contributed by atoms with van der Waals surface area (Å²) in [7, 11) is 1.36. The summed E-state index contributed by atoms with van der Waals surface area (Å²) in [5.74, 6) is 0.453. The predicted octanol–water partition coefficient (Wildman–Crippen LogP) is 4.72. The highest BCUT2D eigenvalue weighted by Gasteiger charge is 2.29. The van der Waals surface area contributed by atoms with Gasteiger partial charge in [0.25, 0.3) is 5.91 Å². The second-order valence-corrected chi connectivity index (χ2v) is 8.05. The molecule has 0 saturated carbocycles. The fourth-order valence-corrected chi connectivity index (χ4v) is 4.74. The number of hydrogen-bond acceptors (Lipinski definition) is 5. The number of thiophene rings is 1. The van der Waals surface area contributed by atoms with E-state index in [0.29, 0.717) is 27.3 Å². The predicted molar refractivity (Wildman–Crippen MR) is 107 cm³/mol. The van der Waals surface area contributed by atoms with Crippen molar-refractivity contribution in [3.05, 3.63) is 45.3 Å². The number of halogens is 1. The van der Waals surface area contributed by atoms with E-state index in [1.807, 2.05) is 0 Å². The molecule has 1 aliphatic carbocycles. The summed E-state index contributed by atoms with van der Waals surface area (Å²) >= 11 is 7.31. The highest BCUT2D eigenvalue weighted by Crippen LogP contribution is 2.40. The molecule has 7 heteroatoms. The second kappa shape index (κ2) is 8.76. The van der Waals surface area contributed by atoms with Gasteiger partial charge in [-0.1, -0.05) is 24.9 Å². The van der Waals surface area contributed by atoms with Crippen LogP contribution in [0, 0.1) is 5.92 Å². The third-order valence-electron chi connectivity index (χ3n) is 4.77. The molecule has 3 rings (SSSR count). The molecule has 0 radical (unpaired) electrons. The van der Waals surface area contributed by atoms with Gasteiger partial charge in [0.15, 0.2) is 6.61 Å². The summed E-state index contributed by atoms with van der Waals surface area (Å²) in [6, 6.07) is 6.79. The van der Waals surface area contributed by atoms with Crippen molar-refractivity contribution in [3.63, 3.8) is 0 Å². The van der Waals surface area contributed by atoms with E-state index < -0.39 is 5.97 Å². The normalized spacial score (nSPS) is 15.7. The molecule has 0 bridgehead atoms. The summed E-state index contributed by atoms with van der Waals surface area (Å²) in [4.78, 5) is 25.8. The van der Waals surface area contributed by atoms with E-state index in [9.17, 15) is 9.59 Å². The summed E-state index contributed by atoms with van der Waals surface area (Å²) in [5, 5.41) is 3.98. The number of fused-ring (bicyclic) bond motifs is 1. The van der Waals surface area contributed by atoms with Crippen molar-refractivity contribution in [2.24, 2.45) is 5.92 Å². The van der Waals surface area contributed by atoms with Crippen molar-refractivity contribution >= 4 is 39.8 Å². The average Bonchev–Trinajstić information content (AvgIpc) is 3.03. The van der Waals surface area contributed by atoms with E-state index in [-0.39, 0.29) is 12.5 Å². The number of anilines is 1. The first-order valence-electron chi connectivity index (χ1n) is 8.92. The van der Waals surface area contributed by atoms with Crippen LogP contribution < -0.4 is 10.1 Å². The molecule has 0 fully saturated rings. The van der Waals surface area contributed by atoms with Gasteiger partial charge < -0.3 is 14.8 Å². The maximum Gasteiger partial charge on any atom is 0.341 e. The van der Waals surface area contributed by atoms with E-state index in [1.54, 1.807) is 24.3 Å². The van der Waals surface area contributed by atoms with Crippen molar-refractivity contribution in [2.75, 3.05) is 19.0 Å². The molecular weight excluding hydrogens is 386 g/mol. The summed E-state index contributed by atoms with van der Waals surface area (Å²) in [6.45, 7) is 2.03. The van der Waals surface area contributed by atoms with E-state index in [1.165, 1.54) is 23.3 Å². The van der Waals surface area contributed by atoms with Crippen LogP contribution in [0.15, 0.2) is 24.3 Å². The monoisotopic (exact) mass is 407 g/mol. The molecule has 0 aliphatic heterocycles. The Balaban J connectivity index is 1.73. The van der Waals surface area contributed by atoms with Gasteiger partial charge in [-0.2, -0.15) is 0 Å². The van der Waals surface area contributed by atoms with Crippen LogP contribution in [0.25, 0.3) is 0 Å². The van der Waals surface area contributed by atoms with Gasteiger partial charge in [0.2, 0.25) is 0 Å². The number of hydrogen-bond donors (Lipinski definition) is 1. The standard InChI is InChI=1S/C20H22ClNO4S/c1-3-12-4-9-15-16(10-12)27-19(18(15)20(24)25-2)22-17(23)11-26-14-7-5-13(21)6-8-14/h5-8,12H,3-4,9-11H2,1-2H3,(H,22,23). The van der Waals surface area contributed by atoms with Crippen LogP contribution in [0.4, 0.5) is 5.00 Å². The lowest BCUT2D eigenvalue weighted by molar-refractivity contribution is -0.118. The molecular formula is C20H22ClNO4S. The topological polar surface area (TPSA) is 64.6 Å². The maximum atomic E-state index is 12.3. The molecule has 0 saturated heterocycles. The van der Waals surface area contributed by atoms with Gasteiger partial charge in [0.05, 0.1) is 12.7 Å². The van der Waals surface area contributed by atoms with Gasteiger partial charge in [-0.3, -0.25) is 4.79 Å². The number of nitrogens with one attached hydrogen (secondary N) is 1. The highest BCUT2D eigenvalue weighted by atomic mass is 35.5. The lowest BCUT2D eigenvalue weighted by atomic mass is 9.86. The molecule has 5 nitrogen and oxygen atoms in total. The molecule has 1 atom stereocenters. The Morgan fingerprint density at radius 1 is 1.30 bits per heavy atom. The van der Waals surface area contributed by atoms with Crippen LogP contribution in [-0.2, 0) is 22.4 Å². The molecule has 1 unspecified atom stereocenters. The van der Waals surface area contributed by atoms with E-state index in [2.05, 4.69) is 12.2 Å². The number of esters is 1. The van der Waals surface area contributed by atoms with Crippen molar-refractivity contribution in [1.82, 2.24) is 0 Å². The molecule has 1 heterocycles. The molecule has 1 aromatic heterocycles. The zero-order chi connectivity index (χ0) is 19.4. The maximum absolute atomic E-state index is 12.3. The summed E-state index contributed by atoms with van der Waals surface area (Å²) < 4.78 is 10.4. The lowest BCUT2D eigenvalue weighted by Crippen LogP contribution is -2.21. The van der Waals surface area contributed by atoms with Crippen LogP contribution in [0.3, 0.4) is 0 Å². The third-order valence-corrected chi connectivity index (χ3v) is 6.19. The molecule has 1 N–H and O–H groups in total. The van der Waals surface area contributed by atoms with Crippen molar-refractivity contribution in [1.29, 1.82) is 0 Å². The Kier molecular flexibility index (Phi) is 6.39. The van der Waals surface area contributed by atoms with Gasteiger partial charge in [-0.15, -0.1) is 11.3 Å². The molecule has 27 heavy (non-hydrogen) atoms. The Morgan fingerprint density at radius 3 is 2.70 bits per heavy atom. The van der Waals surface area contributed by atoms with Crippen molar-refractivity contribution < 1.29 is 19.1 Å². The highest BCUT2D eigenvalue weighted by molar-refractivity contribution is 7.17. The van der Waals surface area contributed by atoms with Crippen LogP contribution in [0.2, 0.25) is 5.02 Å². The van der Waals surface area contributed by atoms with Crippen LogP contribution in [0.5, 0.6) is 5.75 Å². The number of rotatable bonds is 6. The Bertz CT molecular complexity index is 831. The van der Waals surface area contributed by atoms with Gasteiger partial charge in [-0.05, 0) is 55.0 Å². The quantitative estimate of drug-likeness (QED) is 0.703. The Hall–Kier alpha value is -2.05. The SMILES string of the molecule is CCC1CCc2c(sc(NC(=O)COc3ccc(Cl)cc3)c2C(=O)OC)C1. The molecule has 1 aromatic carbocycles. The minimum atomic E-state index is -0.406. The van der Waals surface area contributed by atoms with Gasteiger partial charge in [0.1, 0.15) is 10.8 Å². The van der Waals surface area contributed by atoms with Gasteiger partial charge >= 0.3 is 5.97 Å². The first-order chi connectivity index (χ1) is 13.0. The van der Waals surface area contributed by atoms with Crippen LogP contribution in [0.1, 0.15) is 40.6 Å². The molecule has 0 spiro atoms. The second-order valence-electron chi connectivity index (χ2n) is 6.51. The smallest absolute Gasteiger partial charge is 0.341 e. The molecule has 2 aromatic rings. The van der Waals surface area contributed by atoms with E-state index >= 15 is 0 Å². The molecule has 1 amide bonds. The number of amides is 1. The zero-order valence-electron chi connectivity index (χ0n) is 15.3. The summed E-state index contributed by atoms with van der Waals surface area (Å²) in [6.07, 6.45) is 3.95. The first kappa shape index (κ1) is 19.7. The number of methoxy groups -OCH3 is 1. The fraction of sp³-hybridized carbons (Fsp3) is 0.400. The first-order valence-corrected chi connectivity index (χ1v) is 10.1. The minimum Gasteiger partial charge on any atom is -0.484 e. The fourth-order valence-electron chi connectivity index (χ4n) is 3.25. The zero-order valence-corrected chi connectivity index (χ0v) is 16.9. The Morgan fingerprint density at radius 2 is 2.04 bits per heavy atom. The van der Waals surface area contributed by atoms with Gasteiger partial charge in [-0.25, -0.2) is 4.79 Å². The average molecular weight is 408 g/mol. The number of carbonyl (C=O) groups excluding carboxylic acids is 2. The van der Waals surface area contributed by atoms with E-state index in [4.69, 9.17) is 21.1 Å². The van der Waals surface area contributed by atoms with E-state index in [0.717, 1.165) is 31.2 Å². The minimum absolute atomic E-state index is 0.150. The summed E-state index contributed by atoms with van der Waals surface area (Å²) in [5.41, 5.74) is 1.51. The number of carbonyl (C=O) groups is 2. The van der Waals surface area contributed by atoms with Crippen molar-refractivity contribution in [3.8, 4) is 5.75 Å².